The van der Waals surface area contributed by atoms with E-state index in [2.05, 4.69) is 9.64 Å². The van der Waals surface area contributed by atoms with Gasteiger partial charge in [0.2, 0.25) is 0 Å². The molecule has 0 amide bonds. The maximum absolute atomic E-state index is 12.3. The van der Waals surface area contributed by atoms with Crippen molar-refractivity contribution in [3.8, 4) is 17.2 Å². The minimum Gasteiger partial charge on any atom is -0.457 e. The lowest BCUT2D eigenvalue weighted by Gasteiger charge is -2.26. The Morgan fingerprint density at radius 1 is 0.889 bits per heavy atom. The van der Waals surface area contributed by atoms with E-state index in [9.17, 15) is 13.2 Å². The third kappa shape index (κ3) is 5.29. The third-order valence-electron chi connectivity index (χ3n) is 4.54. The van der Waals surface area contributed by atoms with Crippen LogP contribution in [-0.2, 0) is 6.54 Å². The van der Waals surface area contributed by atoms with Crippen LogP contribution in [-0.4, -0.2) is 19.5 Å². The van der Waals surface area contributed by atoms with Crippen LogP contribution in [0.1, 0.15) is 31.2 Å². The highest BCUT2D eigenvalue weighted by molar-refractivity contribution is 5.60. The molecule has 0 aliphatic carbocycles. The first-order chi connectivity index (χ1) is 13.0. The van der Waals surface area contributed by atoms with E-state index in [0.29, 0.717) is 18.0 Å². The molecule has 7 heteroatoms. The van der Waals surface area contributed by atoms with Crippen molar-refractivity contribution in [3.63, 3.8) is 0 Å². The number of halogens is 3. The first kappa shape index (κ1) is 19.4. The fourth-order valence-electron chi connectivity index (χ4n) is 3.30. The molecule has 4 nitrogen and oxygen atoms in total. The molecule has 1 aliphatic heterocycles. The molecule has 1 aliphatic rings. The predicted octanol–water partition coefficient (Wildman–Crippen LogP) is 5.22. The van der Waals surface area contributed by atoms with Crippen molar-refractivity contribution in [2.45, 2.75) is 38.6 Å². The second-order valence-electron chi connectivity index (χ2n) is 6.48. The van der Waals surface area contributed by atoms with Crippen LogP contribution < -0.4 is 20.1 Å². The molecule has 0 atom stereocenters. The van der Waals surface area contributed by atoms with Crippen molar-refractivity contribution < 1.29 is 22.6 Å². The molecule has 0 aromatic heterocycles. The fraction of sp³-hybridized carbons (Fsp3) is 0.400. The highest BCUT2D eigenvalue weighted by Gasteiger charge is 2.31. The zero-order valence-electron chi connectivity index (χ0n) is 15.0. The maximum atomic E-state index is 12.3. The van der Waals surface area contributed by atoms with Crippen LogP contribution in [0.3, 0.4) is 0 Å². The van der Waals surface area contributed by atoms with Crippen LogP contribution in [0.15, 0.2) is 42.5 Å². The summed E-state index contributed by atoms with van der Waals surface area (Å²) in [6, 6.07) is 11.1. The van der Waals surface area contributed by atoms with Gasteiger partial charge < -0.3 is 20.1 Å². The van der Waals surface area contributed by atoms with Crippen molar-refractivity contribution in [3.05, 3.63) is 48.0 Å². The summed E-state index contributed by atoms with van der Waals surface area (Å²) >= 11 is 0. The highest BCUT2D eigenvalue weighted by Crippen LogP contribution is 2.34. The molecular weight excluding hydrogens is 357 g/mol. The summed E-state index contributed by atoms with van der Waals surface area (Å²) < 4.78 is 46.6. The molecule has 3 rings (SSSR count). The number of nitrogens with zero attached hydrogens (tertiary/aromatic N) is 1. The van der Waals surface area contributed by atoms with E-state index in [-0.39, 0.29) is 5.75 Å². The minimum absolute atomic E-state index is 0.285. The van der Waals surface area contributed by atoms with Crippen LogP contribution in [0.5, 0.6) is 17.2 Å². The number of alkyl halides is 3. The highest BCUT2D eigenvalue weighted by atomic mass is 19.4. The summed E-state index contributed by atoms with van der Waals surface area (Å²) in [4.78, 5) is 2.34. The summed E-state index contributed by atoms with van der Waals surface area (Å²) in [5.74, 6) is 0.753. The van der Waals surface area contributed by atoms with Crippen molar-refractivity contribution in [2.75, 3.05) is 18.0 Å². The van der Waals surface area contributed by atoms with Gasteiger partial charge in [-0.2, -0.15) is 0 Å². The van der Waals surface area contributed by atoms with Crippen LogP contribution in [0.4, 0.5) is 18.9 Å². The molecule has 0 radical (unpaired) electrons. The van der Waals surface area contributed by atoms with E-state index in [0.717, 1.165) is 37.2 Å². The Bertz CT molecular complexity index is 740. The Morgan fingerprint density at radius 3 is 2.11 bits per heavy atom. The maximum Gasteiger partial charge on any atom is 0.573 e. The number of hydrogen-bond donors (Lipinski definition) is 1. The predicted molar refractivity (Wildman–Crippen MR) is 98.2 cm³/mol. The van der Waals surface area contributed by atoms with E-state index < -0.39 is 6.36 Å². The molecule has 2 N–H and O–H groups in total. The number of rotatable bonds is 5. The SMILES string of the molecule is NCc1c(Oc2ccc(OC(F)(F)F)cc2)cccc1N1CCCCCC1. The first-order valence-electron chi connectivity index (χ1n) is 9.07. The third-order valence-corrected chi connectivity index (χ3v) is 4.54. The number of nitrogens with two attached hydrogens (primary N) is 1. The van der Waals surface area contributed by atoms with E-state index in [1.54, 1.807) is 0 Å². The van der Waals surface area contributed by atoms with Gasteiger partial charge in [-0.05, 0) is 49.2 Å². The van der Waals surface area contributed by atoms with Crippen LogP contribution in [0, 0.1) is 0 Å². The van der Waals surface area contributed by atoms with Gasteiger partial charge >= 0.3 is 6.36 Å². The molecule has 0 bridgehead atoms. The molecular formula is C20H23F3N2O2. The van der Waals surface area contributed by atoms with Gasteiger partial charge in [0.25, 0.3) is 0 Å². The molecule has 1 heterocycles. The second-order valence-corrected chi connectivity index (χ2v) is 6.48. The lowest BCUT2D eigenvalue weighted by molar-refractivity contribution is -0.274. The fourth-order valence-corrected chi connectivity index (χ4v) is 3.30. The normalized spacial score (nSPS) is 15.3. The Hall–Kier alpha value is -2.41. The lowest BCUT2D eigenvalue weighted by atomic mass is 10.1. The largest absolute Gasteiger partial charge is 0.573 e. The van der Waals surface area contributed by atoms with Gasteiger partial charge in [-0.25, -0.2) is 0 Å². The Kier molecular flexibility index (Phi) is 6.11. The van der Waals surface area contributed by atoms with E-state index in [1.807, 2.05) is 18.2 Å². The summed E-state index contributed by atoms with van der Waals surface area (Å²) in [6.07, 6.45) is 0.0517. The number of hydrogen-bond acceptors (Lipinski definition) is 4. The Labute approximate surface area is 156 Å². The molecule has 2 aromatic rings. The summed E-state index contributed by atoms with van der Waals surface area (Å²) in [5, 5.41) is 0. The minimum atomic E-state index is -4.71. The van der Waals surface area contributed by atoms with Crippen molar-refractivity contribution in [2.24, 2.45) is 5.73 Å². The van der Waals surface area contributed by atoms with E-state index >= 15 is 0 Å². The van der Waals surface area contributed by atoms with Crippen molar-refractivity contribution in [1.82, 2.24) is 0 Å². The quantitative estimate of drug-likeness (QED) is 0.773. The molecule has 1 saturated heterocycles. The second kappa shape index (κ2) is 8.52. The molecule has 0 saturated carbocycles. The molecule has 27 heavy (non-hydrogen) atoms. The molecule has 146 valence electrons. The zero-order valence-corrected chi connectivity index (χ0v) is 15.0. The first-order valence-corrected chi connectivity index (χ1v) is 9.07. The number of anilines is 1. The zero-order chi connectivity index (χ0) is 19.3. The van der Waals surface area contributed by atoms with Gasteiger partial charge in [0.15, 0.2) is 0 Å². The lowest BCUT2D eigenvalue weighted by Crippen LogP contribution is -2.25. The molecule has 2 aromatic carbocycles. The van der Waals surface area contributed by atoms with Crippen molar-refractivity contribution in [1.29, 1.82) is 0 Å². The van der Waals surface area contributed by atoms with Gasteiger partial charge in [0.05, 0.1) is 0 Å². The summed E-state index contributed by atoms with van der Waals surface area (Å²) in [6.45, 7) is 2.29. The van der Waals surface area contributed by atoms with Crippen molar-refractivity contribution >= 4 is 5.69 Å². The van der Waals surface area contributed by atoms with Gasteiger partial charge in [-0.1, -0.05) is 18.9 Å². The number of ether oxygens (including phenoxy) is 2. The van der Waals surface area contributed by atoms with E-state index in [4.69, 9.17) is 10.5 Å². The average molecular weight is 380 g/mol. The number of benzene rings is 2. The van der Waals surface area contributed by atoms with E-state index in [1.165, 1.54) is 37.1 Å². The van der Waals surface area contributed by atoms with Gasteiger partial charge in [0, 0.05) is 30.9 Å². The van der Waals surface area contributed by atoms with Crippen LogP contribution in [0.25, 0.3) is 0 Å². The molecule has 0 unspecified atom stereocenters. The summed E-state index contributed by atoms with van der Waals surface area (Å²) in [7, 11) is 0. The van der Waals surface area contributed by atoms with Crippen LogP contribution in [0.2, 0.25) is 0 Å². The monoisotopic (exact) mass is 380 g/mol. The standard InChI is InChI=1S/C20H23F3N2O2/c21-20(22,23)27-16-10-8-15(9-11-16)26-19-7-5-6-18(17(19)14-24)25-12-3-1-2-4-13-25/h5-11H,1-4,12-14,24H2. The Balaban J connectivity index is 1.79. The topological polar surface area (TPSA) is 47.7 Å². The summed E-state index contributed by atoms with van der Waals surface area (Å²) in [5.41, 5.74) is 7.95. The molecule has 0 spiro atoms. The van der Waals surface area contributed by atoms with Gasteiger partial charge in [0.1, 0.15) is 17.2 Å². The average Bonchev–Trinajstić information content (AvgIpc) is 2.91. The van der Waals surface area contributed by atoms with Gasteiger partial charge in [-0.15, -0.1) is 13.2 Å². The molecule has 1 fully saturated rings. The Morgan fingerprint density at radius 2 is 1.52 bits per heavy atom. The smallest absolute Gasteiger partial charge is 0.457 e. The van der Waals surface area contributed by atoms with Crippen LogP contribution >= 0.6 is 0 Å². The van der Waals surface area contributed by atoms with Gasteiger partial charge in [-0.3, -0.25) is 0 Å².